The molecule has 2 unspecified atom stereocenters. The van der Waals surface area contributed by atoms with Crippen LogP contribution in [-0.2, 0) is 0 Å². The Balaban J connectivity index is 1.18. The number of amidine groups is 1. The molecule has 7 aromatic carbocycles. The largest absolute Gasteiger partial charge is 0.359 e. The molecule has 1 N–H and O–H groups in total. The number of fused-ring (bicyclic) bond motifs is 8. The first-order valence-electron chi connectivity index (χ1n) is 19.3. The van der Waals surface area contributed by atoms with Crippen molar-refractivity contribution in [1.82, 2.24) is 5.32 Å². The number of benzene rings is 7. The second kappa shape index (κ2) is 13.5. The van der Waals surface area contributed by atoms with Crippen LogP contribution in [-0.4, -0.2) is 5.84 Å². The second-order valence-corrected chi connectivity index (χ2v) is 15.8. The van der Waals surface area contributed by atoms with E-state index < -0.39 is 0 Å². The third kappa shape index (κ3) is 5.44. The number of aliphatic imine (C=N–C) groups is 1. The van der Waals surface area contributed by atoms with Crippen molar-refractivity contribution >= 4 is 49.9 Å². The highest BCUT2D eigenvalue weighted by atomic mass is 32.1. The molecule has 3 heterocycles. The van der Waals surface area contributed by atoms with Gasteiger partial charge in [-0.2, -0.15) is 0 Å². The van der Waals surface area contributed by atoms with Gasteiger partial charge in [-0.15, -0.1) is 11.3 Å². The fraction of sp³-hybridized carbons (Fsp3) is 0.0577. The smallest absolute Gasteiger partial charge is 0.147 e. The Hall–Kier alpha value is -6.75. The molecule has 0 saturated heterocycles. The summed E-state index contributed by atoms with van der Waals surface area (Å²) in [5, 5.41) is 5.09. The Morgan fingerprint density at radius 2 is 1.14 bits per heavy atom. The second-order valence-electron chi connectivity index (χ2n) is 14.7. The van der Waals surface area contributed by atoms with E-state index in [4.69, 9.17) is 4.99 Å². The van der Waals surface area contributed by atoms with Crippen LogP contribution in [0.4, 0.5) is 5.69 Å². The molecule has 3 aliphatic rings. The molecule has 2 aliphatic heterocycles. The lowest BCUT2D eigenvalue weighted by atomic mass is 9.78. The summed E-state index contributed by atoms with van der Waals surface area (Å²) in [6.45, 7) is 0. The van der Waals surface area contributed by atoms with Crippen LogP contribution in [0.25, 0.3) is 49.3 Å². The average Bonchev–Trinajstić information content (AvgIpc) is 3.62. The lowest BCUT2D eigenvalue weighted by Crippen LogP contribution is -2.35. The van der Waals surface area contributed by atoms with Crippen molar-refractivity contribution < 1.29 is 0 Å². The molecule has 0 amide bonds. The number of hydrogen-bond acceptors (Lipinski definition) is 4. The van der Waals surface area contributed by atoms with E-state index in [1.165, 1.54) is 65.2 Å². The minimum atomic E-state index is -0.272. The summed E-state index contributed by atoms with van der Waals surface area (Å²) >= 11 is 1.94. The molecule has 2 atom stereocenters. The zero-order chi connectivity index (χ0) is 37.0. The molecule has 8 aromatic rings. The van der Waals surface area contributed by atoms with Gasteiger partial charge in [0.05, 0.1) is 11.4 Å². The Bertz CT molecular complexity index is 2850. The zero-order valence-corrected chi connectivity index (χ0v) is 31.5. The molecule has 0 bridgehead atoms. The van der Waals surface area contributed by atoms with E-state index in [1.54, 1.807) is 0 Å². The van der Waals surface area contributed by atoms with Crippen molar-refractivity contribution in [1.29, 1.82) is 0 Å². The van der Waals surface area contributed by atoms with Crippen molar-refractivity contribution in [3.63, 3.8) is 0 Å². The maximum Gasteiger partial charge on any atom is 0.147 e. The lowest BCUT2D eigenvalue weighted by molar-refractivity contribution is 0.662. The zero-order valence-electron chi connectivity index (χ0n) is 30.6. The van der Waals surface area contributed by atoms with E-state index in [2.05, 4.69) is 204 Å². The minimum absolute atomic E-state index is 0.185. The molecule has 11 rings (SSSR count). The molecule has 56 heavy (non-hydrogen) atoms. The fourth-order valence-corrected chi connectivity index (χ4v) is 10.2. The number of para-hydroxylation sites is 1. The summed E-state index contributed by atoms with van der Waals surface area (Å²) in [6, 6.07) is 68.2. The Morgan fingerprint density at radius 1 is 0.536 bits per heavy atom. The molecule has 3 nitrogen and oxygen atoms in total. The van der Waals surface area contributed by atoms with Gasteiger partial charge < -0.3 is 5.32 Å². The first-order valence-corrected chi connectivity index (χ1v) is 20.2. The molecule has 266 valence electrons. The third-order valence-electron chi connectivity index (χ3n) is 11.5. The Labute approximate surface area is 331 Å². The van der Waals surface area contributed by atoms with Gasteiger partial charge in [-0.25, -0.2) is 4.99 Å². The van der Waals surface area contributed by atoms with Crippen LogP contribution < -0.4 is 10.2 Å². The summed E-state index contributed by atoms with van der Waals surface area (Å²) in [6.07, 6.45) is 2.85. The predicted molar refractivity (Wildman–Crippen MR) is 236 cm³/mol. The summed E-state index contributed by atoms with van der Waals surface area (Å²) in [4.78, 5) is 9.52. The molecule has 0 saturated carbocycles. The van der Waals surface area contributed by atoms with E-state index in [-0.39, 0.29) is 12.1 Å². The maximum atomic E-state index is 5.62. The number of nitrogens with zero attached hydrogens (tertiary/aromatic N) is 2. The van der Waals surface area contributed by atoms with Crippen LogP contribution >= 0.6 is 11.3 Å². The summed E-state index contributed by atoms with van der Waals surface area (Å²) in [5.74, 6) is 1.10. The monoisotopic (exact) mass is 735 g/mol. The fourth-order valence-electron chi connectivity index (χ4n) is 8.85. The SMILES string of the molecule is C1=C(c2ccccc2)NC(c2ccccc2)N=C1N1C2=C(CC(c3ccc(-c4ccccc4)cc3)c3sc4ccccc4c32)c2ccccc2-c2ccccc21. The van der Waals surface area contributed by atoms with E-state index in [0.717, 1.165) is 34.8 Å². The first kappa shape index (κ1) is 32.7. The summed E-state index contributed by atoms with van der Waals surface area (Å²) in [7, 11) is 0. The standard InChI is InChI=1S/C52H37N3S/c1-4-16-34(17-5-1)35-28-30-36(31-29-35)43-32-44-40-23-11-10-22-39(40)41-24-12-14-26-46(41)55(50(44)49-42-25-13-15-27-47(42)56-51(43)49)48-33-45(37-18-6-2-7-19-37)53-52(54-48)38-20-8-3-9-21-38/h1-31,33,43,52-53H,32H2. The van der Waals surface area contributed by atoms with Gasteiger partial charge in [0, 0.05) is 43.8 Å². The van der Waals surface area contributed by atoms with Gasteiger partial charge >= 0.3 is 0 Å². The van der Waals surface area contributed by atoms with Crippen molar-refractivity contribution in [3.8, 4) is 22.3 Å². The van der Waals surface area contributed by atoms with E-state index in [0.29, 0.717) is 0 Å². The number of hydrogen-bond donors (Lipinski definition) is 1. The van der Waals surface area contributed by atoms with Crippen molar-refractivity contribution in [2.75, 3.05) is 4.90 Å². The topological polar surface area (TPSA) is 27.6 Å². The minimum Gasteiger partial charge on any atom is -0.359 e. The Morgan fingerprint density at radius 3 is 1.91 bits per heavy atom. The van der Waals surface area contributed by atoms with Gasteiger partial charge in [0.15, 0.2) is 0 Å². The van der Waals surface area contributed by atoms with Crippen LogP contribution in [0.1, 0.15) is 51.2 Å². The number of allylic oxidation sites excluding steroid dienone is 1. The number of anilines is 1. The van der Waals surface area contributed by atoms with Crippen LogP contribution in [0, 0.1) is 0 Å². The quantitative estimate of drug-likeness (QED) is 0.195. The van der Waals surface area contributed by atoms with Gasteiger partial charge in [-0.3, -0.25) is 4.90 Å². The first-order chi connectivity index (χ1) is 27.8. The van der Waals surface area contributed by atoms with Crippen LogP contribution in [0.3, 0.4) is 0 Å². The molecule has 1 aliphatic carbocycles. The van der Waals surface area contributed by atoms with E-state index >= 15 is 0 Å². The summed E-state index contributed by atoms with van der Waals surface area (Å²) in [5.41, 5.74) is 15.9. The van der Waals surface area contributed by atoms with Gasteiger partial charge in [-0.1, -0.05) is 176 Å². The van der Waals surface area contributed by atoms with Gasteiger partial charge in [-0.05, 0) is 63.1 Å². The highest BCUT2D eigenvalue weighted by molar-refractivity contribution is 7.19. The molecular formula is C52H37N3S. The molecule has 0 radical (unpaired) electrons. The maximum absolute atomic E-state index is 5.62. The van der Waals surface area contributed by atoms with Gasteiger partial charge in [0.2, 0.25) is 0 Å². The van der Waals surface area contributed by atoms with Crippen molar-refractivity contribution in [2.24, 2.45) is 4.99 Å². The van der Waals surface area contributed by atoms with Crippen molar-refractivity contribution in [2.45, 2.75) is 18.5 Å². The van der Waals surface area contributed by atoms with Crippen LogP contribution in [0.2, 0.25) is 0 Å². The number of rotatable bonds is 4. The molecule has 1 aromatic heterocycles. The average molecular weight is 736 g/mol. The normalized spacial score (nSPS) is 17.1. The van der Waals surface area contributed by atoms with Gasteiger partial charge in [0.25, 0.3) is 0 Å². The predicted octanol–water partition coefficient (Wildman–Crippen LogP) is 13.2. The lowest BCUT2D eigenvalue weighted by Gasteiger charge is -2.37. The van der Waals surface area contributed by atoms with Gasteiger partial charge in [0.1, 0.15) is 12.0 Å². The van der Waals surface area contributed by atoms with Crippen LogP contribution in [0.15, 0.2) is 199 Å². The summed E-state index contributed by atoms with van der Waals surface area (Å²) < 4.78 is 1.30. The van der Waals surface area contributed by atoms with Crippen LogP contribution in [0.5, 0.6) is 0 Å². The molecular weight excluding hydrogens is 699 g/mol. The molecule has 0 spiro atoms. The number of nitrogens with one attached hydrogen (secondary N) is 1. The highest BCUT2D eigenvalue weighted by Crippen LogP contribution is 2.57. The highest BCUT2D eigenvalue weighted by Gasteiger charge is 2.40. The Kier molecular flexibility index (Phi) is 7.89. The molecule has 0 fully saturated rings. The van der Waals surface area contributed by atoms with E-state index in [9.17, 15) is 0 Å². The number of thiophene rings is 1. The van der Waals surface area contributed by atoms with Crippen molar-refractivity contribution in [3.05, 3.63) is 227 Å². The molecule has 4 heteroatoms. The third-order valence-corrected chi connectivity index (χ3v) is 12.7. The van der Waals surface area contributed by atoms with E-state index in [1.807, 2.05) is 11.3 Å².